The monoisotopic (exact) mass is 428 g/mol. The Morgan fingerprint density at radius 2 is 1.97 bits per heavy atom. The molecule has 0 bridgehead atoms. The van der Waals surface area contributed by atoms with E-state index < -0.39 is 0 Å². The van der Waals surface area contributed by atoms with Crippen molar-refractivity contribution >= 4 is 22.6 Å². The first-order valence-electron chi connectivity index (χ1n) is 10.7. The first-order chi connectivity index (χ1) is 15.6. The zero-order valence-corrected chi connectivity index (χ0v) is 18.0. The summed E-state index contributed by atoms with van der Waals surface area (Å²) in [5, 5.41) is 7.01. The maximum absolute atomic E-state index is 12.6. The predicted octanol–water partition coefficient (Wildman–Crippen LogP) is 3.64. The number of ether oxygens (including phenoxy) is 1. The lowest BCUT2D eigenvalue weighted by Crippen LogP contribution is -2.28. The molecule has 0 radical (unpaired) electrons. The average molecular weight is 428 g/mol. The number of pyridine rings is 2. The van der Waals surface area contributed by atoms with Gasteiger partial charge >= 0.3 is 0 Å². The standard InChI is InChI=1S/C24H24N6O2/c1-15(2)32-23-17-10-21(29-24(31)16-6-4-3-5-7-16)27-12-19(17)26-11-18(23)20-13-28-22-14-25-8-9-30(20)22/h3-7,10-13,15,25H,8-9,14H2,1-2H3,(H,27,29,31). The number of hydrogen-bond donors (Lipinski definition) is 2. The molecule has 8 nitrogen and oxygen atoms in total. The van der Waals surface area contributed by atoms with Gasteiger partial charge in [-0.15, -0.1) is 0 Å². The van der Waals surface area contributed by atoms with Crippen LogP contribution in [0.1, 0.15) is 30.0 Å². The number of carbonyl (C=O) groups is 1. The van der Waals surface area contributed by atoms with Crippen LogP contribution < -0.4 is 15.4 Å². The molecular formula is C24H24N6O2. The fourth-order valence-corrected chi connectivity index (χ4v) is 3.87. The number of nitrogens with one attached hydrogen (secondary N) is 2. The average Bonchev–Trinajstić information content (AvgIpc) is 3.24. The number of benzene rings is 1. The summed E-state index contributed by atoms with van der Waals surface area (Å²) in [7, 11) is 0. The van der Waals surface area contributed by atoms with Gasteiger partial charge in [0.05, 0.1) is 41.8 Å². The third-order valence-corrected chi connectivity index (χ3v) is 5.35. The van der Waals surface area contributed by atoms with E-state index >= 15 is 0 Å². The van der Waals surface area contributed by atoms with E-state index in [1.807, 2.05) is 50.5 Å². The smallest absolute Gasteiger partial charge is 0.256 e. The molecule has 8 heteroatoms. The molecular weight excluding hydrogens is 404 g/mol. The Morgan fingerprint density at radius 3 is 2.78 bits per heavy atom. The molecule has 0 unspecified atom stereocenters. The van der Waals surface area contributed by atoms with Crippen molar-refractivity contribution in [1.29, 1.82) is 0 Å². The van der Waals surface area contributed by atoms with Crippen molar-refractivity contribution < 1.29 is 9.53 Å². The second kappa shape index (κ2) is 8.39. The maximum atomic E-state index is 12.6. The van der Waals surface area contributed by atoms with Crippen LogP contribution in [-0.4, -0.2) is 38.1 Å². The maximum Gasteiger partial charge on any atom is 0.256 e. The van der Waals surface area contributed by atoms with Crippen LogP contribution in [0.5, 0.6) is 5.75 Å². The van der Waals surface area contributed by atoms with E-state index in [1.54, 1.807) is 18.3 Å². The van der Waals surface area contributed by atoms with Crippen LogP contribution in [0.15, 0.2) is 55.0 Å². The summed E-state index contributed by atoms with van der Waals surface area (Å²) in [5.41, 5.74) is 3.11. The SMILES string of the molecule is CC(C)Oc1c(-c2cnc3n2CCNC3)cnc2cnc(NC(=O)c3ccccc3)cc12. The van der Waals surface area contributed by atoms with E-state index in [0.29, 0.717) is 22.6 Å². The Kier molecular flexibility index (Phi) is 5.28. The highest BCUT2D eigenvalue weighted by atomic mass is 16.5. The van der Waals surface area contributed by atoms with Crippen LogP contribution in [0.4, 0.5) is 5.82 Å². The lowest BCUT2D eigenvalue weighted by atomic mass is 10.1. The molecule has 0 saturated heterocycles. The van der Waals surface area contributed by atoms with Crippen LogP contribution in [0.25, 0.3) is 22.2 Å². The molecule has 1 aromatic carbocycles. The summed E-state index contributed by atoms with van der Waals surface area (Å²) in [4.78, 5) is 26.2. The number of carbonyl (C=O) groups excluding carboxylic acids is 1. The van der Waals surface area contributed by atoms with Gasteiger partial charge < -0.3 is 19.9 Å². The molecule has 0 spiro atoms. The van der Waals surface area contributed by atoms with E-state index in [2.05, 4.69) is 30.2 Å². The summed E-state index contributed by atoms with van der Waals surface area (Å²) in [6, 6.07) is 10.9. The molecule has 1 aliphatic heterocycles. The van der Waals surface area contributed by atoms with E-state index in [4.69, 9.17) is 4.74 Å². The van der Waals surface area contributed by atoms with Crippen LogP contribution in [0.2, 0.25) is 0 Å². The molecule has 0 saturated carbocycles. The van der Waals surface area contributed by atoms with Crippen molar-refractivity contribution in [2.24, 2.45) is 0 Å². The molecule has 2 N–H and O–H groups in total. The molecule has 1 amide bonds. The molecule has 4 heterocycles. The van der Waals surface area contributed by atoms with E-state index in [0.717, 1.165) is 42.1 Å². The van der Waals surface area contributed by atoms with Crippen molar-refractivity contribution in [3.63, 3.8) is 0 Å². The summed E-state index contributed by atoms with van der Waals surface area (Å²) >= 11 is 0. The number of amides is 1. The van der Waals surface area contributed by atoms with Crippen molar-refractivity contribution in [1.82, 2.24) is 24.8 Å². The number of rotatable bonds is 5. The summed E-state index contributed by atoms with van der Waals surface area (Å²) in [6.07, 6.45) is 5.30. The molecule has 5 rings (SSSR count). The molecule has 1 aliphatic rings. The topological polar surface area (TPSA) is 94.0 Å². The summed E-state index contributed by atoms with van der Waals surface area (Å²) in [5.74, 6) is 1.93. The fourth-order valence-electron chi connectivity index (χ4n) is 3.87. The number of anilines is 1. The van der Waals surface area contributed by atoms with Gasteiger partial charge in [-0.25, -0.2) is 9.97 Å². The van der Waals surface area contributed by atoms with Gasteiger partial charge in [-0.05, 0) is 32.0 Å². The predicted molar refractivity (Wildman–Crippen MR) is 123 cm³/mol. The zero-order chi connectivity index (χ0) is 22.1. The highest BCUT2D eigenvalue weighted by Gasteiger charge is 2.21. The van der Waals surface area contributed by atoms with Gasteiger partial charge in [0.2, 0.25) is 0 Å². The number of hydrogen-bond acceptors (Lipinski definition) is 6. The molecule has 32 heavy (non-hydrogen) atoms. The zero-order valence-electron chi connectivity index (χ0n) is 18.0. The number of imidazole rings is 1. The first kappa shape index (κ1) is 20.1. The summed E-state index contributed by atoms with van der Waals surface area (Å²) in [6.45, 7) is 6.44. The minimum absolute atomic E-state index is 0.0414. The van der Waals surface area contributed by atoms with Crippen LogP contribution in [-0.2, 0) is 13.1 Å². The van der Waals surface area contributed by atoms with Crippen LogP contribution >= 0.6 is 0 Å². The normalized spacial score (nSPS) is 13.2. The van der Waals surface area contributed by atoms with Gasteiger partial charge in [0, 0.05) is 30.2 Å². The molecule has 0 atom stereocenters. The van der Waals surface area contributed by atoms with E-state index in [-0.39, 0.29) is 12.0 Å². The Balaban J connectivity index is 1.59. The van der Waals surface area contributed by atoms with Crippen molar-refractivity contribution in [2.75, 3.05) is 11.9 Å². The van der Waals surface area contributed by atoms with Gasteiger partial charge in [0.1, 0.15) is 17.4 Å². The Labute approximate surface area is 185 Å². The van der Waals surface area contributed by atoms with Crippen LogP contribution in [0.3, 0.4) is 0 Å². The molecule has 0 aliphatic carbocycles. The first-order valence-corrected chi connectivity index (χ1v) is 10.7. The number of aromatic nitrogens is 4. The van der Waals surface area contributed by atoms with Crippen molar-refractivity contribution in [2.45, 2.75) is 33.0 Å². The van der Waals surface area contributed by atoms with Gasteiger partial charge in [-0.1, -0.05) is 18.2 Å². The lowest BCUT2D eigenvalue weighted by molar-refractivity contribution is 0.102. The van der Waals surface area contributed by atoms with Gasteiger partial charge in [-0.3, -0.25) is 9.78 Å². The minimum atomic E-state index is -0.217. The van der Waals surface area contributed by atoms with Gasteiger partial charge in [0.15, 0.2) is 0 Å². The molecule has 162 valence electrons. The molecule has 3 aromatic heterocycles. The third-order valence-electron chi connectivity index (χ3n) is 5.35. The minimum Gasteiger partial charge on any atom is -0.490 e. The van der Waals surface area contributed by atoms with E-state index in [1.165, 1.54) is 0 Å². The van der Waals surface area contributed by atoms with Crippen LogP contribution in [0, 0.1) is 0 Å². The highest BCUT2D eigenvalue weighted by Crippen LogP contribution is 2.37. The lowest BCUT2D eigenvalue weighted by Gasteiger charge is -2.20. The Bertz CT molecular complexity index is 1280. The third kappa shape index (κ3) is 3.80. The van der Waals surface area contributed by atoms with Crippen molar-refractivity contribution in [3.05, 3.63) is 66.4 Å². The Hall–Kier alpha value is -3.78. The Morgan fingerprint density at radius 1 is 1.12 bits per heavy atom. The highest BCUT2D eigenvalue weighted by molar-refractivity contribution is 6.04. The van der Waals surface area contributed by atoms with Gasteiger partial charge in [0.25, 0.3) is 5.91 Å². The quantitative estimate of drug-likeness (QED) is 0.504. The number of fused-ring (bicyclic) bond motifs is 2. The molecule has 0 fully saturated rings. The van der Waals surface area contributed by atoms with E-state index in [9.17, 15) is 4.79 Å². The molecule has 4 aromatic rings. The van der Waals surface area contributed by atoms with Crippen molar-refractivity contribution in [3.8, 4) is 17.0 Å². The van der Waals surface area contributed by atoms with Gasteiger partial charge in [-0.2, -0.15) is 0 Å². The largest absolute Gasteiger partial charge is 0.490 e. The summed E-state index contributed by atoms with van der Waals surface area (Å²) < 4.78 is 8.48. The second-order valence-corrected chi connectivity index (χ2v) is 7.96. The second-order valence-electron chi connectivity index (χ2n) is 7.96. The fraction of sp³-hybridized carbons (Fsp3) is 0.250. The number of nitrogens with zero attached hydrogens (tertiary/aromatic N) is 4.